The fourth-order valence-corrected chi connectivity index (χ4v) is 1.42. The summed E-state index contributed by atoms with van der Waals surface area (Å²) in [5.41, 5.74) is 0.0947. The molecule has 0 aromatic heterocycles. The smallest absolute Gasteiger partial charge is 0.416 e. The van der Waals surface area contributed by atoms with E-state index in [-0.39, 0.29) is 11.4 Å². The Labute approximate surface area is 118 Å². The number of halogens is 4. The van der Waals surface area contributed by atoms with Crippen molar-refractivity contribution in [3.8, 4) is 5.75 Å². The van der Waals surface area contributed by atoms with E-state index in [2.05, 4.69) is 5.32 Å². The summed E-state index contributed by atoms with van der Waals surface area (Å²) in [6.45, 7) is -0.932. The highest BCUT2D eigenvalue weighted by atomic mass is 19.4. The number of alkyl halides is 3. The highest BCUT2D eigenvalue weighted by Gasteiger charge is 2.39. The van der Waals surface area contributed by atoms with Gasteiger partial charge in [-0.1, -0.05) is 0 Å². The highest BCUT2D eigenvalue weighted by Crippen LogP contribution is 2.25. The lowest BCUT2D eigenvalue weighted by atomic mass is 10.3. The third kappa shape index (κ3) is 4.78. The third-order valence-corrected chi connectivity index (χ3v) is 2.58. The van der Waals surface area contributed by atoms with Crippen LogP contribution in [0.5, 0.6) is 5.75 Å². The first kappa shape index (κ1) is 17.0. The van der Waals surface area contributed by atoms with E-state index in [1.54, 1.807) is 0 Å². The van der Waals surface area contributed by atoms with Crippen LogP contribution in [0.1, 0.15) is 0 Å². The van der Waals surface area contributed by atoms with E-state index in [0.717, 1.165) is 19.2 Å². The first-order valence-corrected chi connectivity index (χ1v) is 5.75. The lowest BCUT2D eigenvalue weighted by Gasteiger charge is -2.23. The quantitative estimate of drug-likeness (QED) is 0.838. The molecule has 1 unspecified atom stereocenters. The minimum Gasteiger partial charge on any atom is -0.494 e. The number of likely N-dealkylation sites (N-methyl/N-ethyl adjacent to an activating group) is 1. The molecule has 0 spiro atoms. The first-order chi connectivity index (χ1) is 9.65. The molecule has 1 rings (SSSR count). The molecule has 0 saturated carbocycles. The number of anilines is 1. The Morgan fingerprint density at radius 1 is 1.48 bits per heavy atom. The molecule has 2 amide bonds. The van der Waals surface area contributed by atoms with Crippen molar-refractivity contribution in [3.05, 3.63) is 24.0 Å². The van der Waals surface area contributed by atoms with E-state index in [9.17, 15) is 22.4 Å². The molecule has 0 radical (unpaired) electrons. The summed E-state index contributed by atoms with van der Waals surface area (Å²) < 4.78 is 54.4. The largest absolute Gasteiger partial charge is 0.494 e. The van der Waals surface area contributed by atoms with Crippen LogP contribution in [0.3, 0.4) is 0 Å². The summed E-state index contributed by atoms with van der Waals surface area (Å²) >= 11 is 0. The Hall–Kier alpha value is -2.03. The SMILES string of the molecule is COc1cc(F)ccc1NC(=O)N(C)CC(O)C(F)(F)F. The number of carbonyl (C=O) groups is 1. The minimum atomic E-state index is -4.82. The van der Waals surface area contributed by atoms with Crippen molar-refractivity contribution in [1.82, 2.24) is 4.90 Å². The van der Waals surface area contributed by atoms with Gasteiger partial charge in [0.1, 0.15) is 11.6 Å². The maximum Gasteiger partial charge on any atom is 0.416 e. The Morgan fingerprint density at radius 3 is 2.62 bits per heavy atom. The van der Waals surface area contributed by atoms with Crippen LogP contribution in [0.15, 0.2) is 18.2 Å². The van der Waals surface area contributed by atoms with Crippen LogP contribution in [0.4, 0.5) is 28.0 Å². The Morgan fingerprint density at radius 2 is 2.10 bits per heavy atom. The number of carbonyl (C=O) groups excluding carboxylic acids is 1. The van der Waals surface area contributed by atoms with Crippen LogP contribution < -0.4 is 10.1 Å². The molecule has 118 valence electrons. The number of nitrogens with one attached hydrogen (secondary N) is 1. The number of hydrogen-bond donors (Lipinski definition) is 2. The van der Waals surface area contributed by atoms with E-state index in [4.69, 9.17) is 9.84 Å². The Bertz CT molecular complexity index is 508. The van der Waals surface area contributed by atoms with Crippen molar-refractivity contribution < 1.29 is 32.2 Å². The van der Waals surface area contributed by atoms with E-state index in [0.29, 0.717) is 4.90 Å². The average molecular weight is 310 g/mol. The number of methoxy groups -OCH3 is 1. The summed E-state index contributed by atoms with van der Waals surface area (Å²) in [7, 11) is 2.34. The van der Waals surface area contributed by atoms with Crippen LogP contribution in [0.25, 0.3) is 0 Å². The molecule has 0 heterocycles. The normalized spacial score (nSPS) is 12.7. The average Bonchev–Trinajstić information content (AvgIpc) is 2.39. The van der Waals surface area contributed by atoms with Gasteiger partial charge in [0, 0.05) is 13.1 Å². The number of rotatable bonds is 4. The van der Waals surface area contributed by atoms with E-state index >= 15 is 0 Å². The monoisotopic (exact) mass is 310 g/mol. The van der Waals surface area contributed by atoms with Crippen molar-refractivity contribution >= 4 is 11.7 Å². The van der Waals surface area contributed by atoms with Gasteiger partial charge in [-0.2, -0.15) is 13.2 Å². The van der Waals surface area contributed by atoms with Crippen LogP contribution >= 0.6 is 0 Å². The van der Waals surface area contributed by atoms with Gasteiger partial charge in [-0.3, -0.25) is 0 Å². The number of benzene rings is 1. The molecule has 1 aromatic rings. The van der Waals surface area contributed by atoms with Gasteiger partial charge in [0.25, 0.3) is 0 Å². The molecule has 0 fully saturated rings. The van der Waals surface area contributed by atoms with Gasteiger partial charge in [0.2, 0.25) is 0 Å². The summed E-state index contributed by atoms with van der Waals surface area (Å²) in [6, 6.07) is 2.38. The molecule has 1 atom stereocenters. The molecule has 0 aliphatic heterocycles. The molecule has 0 aliphatic rings. The van der Waals surface area contributed by atoms with Crippen molar-refractivity contribution in [3.63, 3.8) is 0 Å². The number of urea groups is 1. The summed E-state index contributed by atoms with van der Waals surface area (Å²) in [5, 5.41) is 11.1. The lowest BCUT2D eigenvalue weighted by molar-refractivity contribution is -0.205. The fourth-order valence-electron chi connectivity index (χ4n) is 1.42. The van der Waals surface area contributed by atoms with Gasteiger partial charge in [-0.05, 0) is 12.1 Å². The number of amides is 2. The van der Waals surface area contributed by atoms with Crippen molar-refractivity contribution in [2.24, 2.45) is 0 Å². The zero-order valence-corrected chi connectivity index (χ0v) is 11.2. The molecular formula is C12H14F4N2O3. The van der Waals surface area contributed by atoms with Gasteiger partial charge in [0.05, 0.1) is 19.3 Å². The Kier molecular flexibility index (Phi) is 5.36. The van der Waals surface area contributed by atoms with Gasteiger partial charge >= 0.3 is 12.2 Å². The fraction of sp³-hybridized carbons (Fsp3) is 0.417. The van der Waals surface area contributed by atoms with Gasteiger partial charge < -0.3 is 20.1 Å². The molecule has 0 saturated heterocycles. The number of nitrogens with zero attached hydrogens (tertiary/aromatic N) is 1. The lowest BCUT2D eigenvalue weighted by Crippen LogP contribution is -2.43. The summed E-state index contributed by atoms with van der Waals surface area (Å²) in [4.78, 5) is 12.4. The van der Waals surface area contributed by atoms with E-state index in [1.165, 1.54) is 13.2 Å². The van der Waals surface area contributed by atoms with Crippen LogP contribution in [0.2, 0.25) is 0 Å². The topological polar surface area (TPSA) is 61.8 Å². The van der Waals surface area contributed by atoms with E-state index < -0.39 is 30.7 Å². The van der Waals surface area contributed by atoms with Gasteiger partial charge in [-0.15, -0.1) is 0 Å². The molecule has 0 aliphatic carbocycles. The molecular weight excluding hydrogens is 296 g/mol. The number of aliphatic hydroxyl groups is 1. The Balaban J connectivity index is 2.73. The van der Waals surface area contributed by atoms with Gasteiger partial charge in [-0.25, -0.2) is 9.18 Å². The van der Waals surface area contributed by atoms with E-state index in [1.807, 2.05) is 0 Å². The molecule has 5 nitrogen and oxygen atoms in total. The predicted octanol–water partition coefficient (Wildman–Crippen LogP) is 2.22. The van der Waals surface area contributed by atoms with Crippen molar-refractivity contribution in [1.29, 1.82) is 0 Å². The highest BCUT2D eigenvalue weighted by molar-refractivity contribution is 5.90. The zero-order valence-electron chi connectivity index (χ0n) is 11.2. The summed E-state index contributed by atoms with van der Waals surface area (Å²) in [5.74, 6) is -0.571. The molecule has 0 bridgehead atoms. The van der Waals surface area contributed by atoms with Crippen LogP contribution in [-0.4, -0.2) is 49.0 Å². The second-order valence-corrected chi connectivity index (χ2v) is 4.21. The standard InChI is InChI=1S/C12H14F4N2O3/c1-18(6-10(19)12(14,15)16)11(20)17-8-4-3-7(13)5-9(8)21-2/h3-5,10,19H,6H2,1-2H3,(H,17,20). The predicted molar refractivity (Wildman–Crippen MR) is 66.7 cm³/mol. The van der Waals surface area contributed by atoms with Crippen molar-refractivity contribution in [2.45, 2.75) is 12.3 Å². The second-order valence-electron chi connectivity index (χ2n) is 4.21. The number of hydrogen-bond acceptors (Lipinski definition) is 3. The van der Waals surface area contributed by atoms with Crippen molar-refractivity contribution in [2.75, 3.05) is 26.0 Å². The third-order valence-electron chi connectivity index (χ3n) is 2.58. The minimum absolute atomic E-state index is 0.0214. The molecule has 1 aromatic carbocycles. The molecule has 2 N–H and O–H groups in total. The van der Waals surface area contributed by atoms with Crippen LogP contribution in [-0.2, 0) is 0 Å². The second kappa shape index (κ2) is 6.61. The van der Waals surface area contributed by atoms with Crippen LogP contribution in [0, 0.1) is 5.82 Å². The zero-order chi connectivity index (χ0) is 16.2. The van der Waals surface area contributed by atoms with Gasteiger partial charge in [0.15, 0.2) is 6.10 Å². The maximum absolute atomic E-state index is 13.0. The molecule has 21 heavy (non-hydrogen) atoms. The maximum atomic E-state index is 13.0. The first-order valence-electron chi connectivity index (χ1n) is 5.75. The summed E-state index contributed by atoms with van der Waals surface area (Å²) in [6.07, 6.45) is -7.47. The number of ether oxygens (including phenoxy) is 1. The molecule has 9 heteroatoms. The number of aliphatic hydroxyl groups excluding tert-OH is 1.